The van der Waals surface area contributed by atoms with Crippen molar-refractivity contribution in [1.82, 2.24) is 0 Å². The van der Waals surface area contributed by atoms with Gasteiger partial charge in [-0.3, -0.25) is 0 Å². The van der Waals surface area contributed by atoms with Crippen LogP contribution in [-0.2, 0) is 6.54 Å². The van der Waals surface area contributed by atoms with Gasteiger partial charge >= 0.3 is 0 Å². The van der Waals surface area contributed by atoms with E-state index in [4.69, 9.17) is 4.74 Å². The van der Waals surface area contributed by atoms with Crippen molar-refractivity contribution in [3.63, 3.8) is 0 Å². The summed E-state index contributed by atoms with van der Waals surface area (Å²) in [5.41, 5.74) is 2.68. The zero-order valence-corrected chi connectivity index (χ0v) is 17.9. The zero-order chi connectivity index (χ0) is 20.8. The van der Waals surface area contributed by atoms with Crippen molar-refractivity contribution >= 4 is 38.0 Å². The first kappa shape index (κ1) is 18.5. The molecule has 154 valence electrons. The summed E-state index contributed by atoms with van der Waals surface area (Å²) in [5, 5.41) is 8.28. The summed E-state index contributed by atoms with van der Waals surface area (Å²) in [6, 6.07) is 28.8. The molecule has 5 aromatic rings. The summed E-state index contributed by atoms with van der Waals surface area (Å²) in [6.45, 7) is 5.47. The van der Waals surface area contributed by atoms with E-state index < -0.39 is 0 Å². The SMILES string of the molecule is COc1ccccc1N1CC[NH+](Cc2ccc3ccc4cccc5ccc2c3c45)CC1. The molecule has 1 fully saturated rings. The third kappa shape index (κ3) is 3.08. The lowest BCUT2D eigenvalue weighted by Gasteiger charge is -2.34. The van der Waals surface area contributed by atoms with Gasteiger partial charge in [-0.25, -0.2) is 0 Å². The van der Waals surface area contributed by atoms with Gasteiger partial charge < -0.3 is 14.5 Å². The molecule has 1 saturated heterocycles. The number of para-hydroxylation sites is 2. The number of hydrogen-bond donors (Lipinski definition) is 1. The van der Waals surface area contributed by atoms with E-state index in [-0.39, 0.29) is 0 Å². The highest BCUT2D eigenvalue weighted by molar-refractivity contribution is 6.23. The van der Waals surface area contributed by atoms with Crippen LogP contribution in [0.25, 0.3) is 32.3 Å². The number of nitrogens with one attached hydrogen (secondary N) is 1. The predicted octanol–water partition coefficient (Wildman–Crippen LogP) is 4.50. The molecule has 0 amide bonds. The average Bonchev–Trinajstić information content (AvgIpc) is 2.84. The fourth-order valence-electron chi connectivity index (χ4n) is 5.35. The summed E-state index contributed by atoms with van der Waals surface area (Å²) in [5.74, 6) is 0.970. The number of hydrogen-bond acceptors (Lipinski definition) is 2. The molecular formula is C28H27N2O+. The number of nitrogens with zero attached hydrogens (tertiary/aromatic N) is 1. The first-order valence-corrected chi connectivity index (χ1v) is 11.2. The molecule has 31 heavy (non-hydrogen) atoms. The van der Waals surface area contributed by atoms with E-state index in [1.807, 2.05) is 6.07 Å². The highest BCUT2D eigenvalue weighted by Crippen LogP contribution is 2.35. The minimum Gasteiger partial charge on any atom is -0.495 e. The maximum atomic E-state index is 5.58. The second-order valence-corrected chi connectivity index (χ2v) is 8.67. The van der Waals surface area contributed by atoms with Crippen molar-refractivity contribution in [2.75, 3.05) is 38.2 Å². The van der Waals surface area contributed by atoms with Crippen LogP contribution in [0.3, 0.4) is 0 Å². The van der Waals surface area contributed by atoms with Gasteiger partial charge in [0.2, 0.25) is 0 Å². The lowest BCUT2D eigenvalue weighted by Crippen LogP contribution is -3.13. The van der Waals surface area contributed by atoms with Crippen LogP contribution in [0.1, 0.15) is 5.56 Å². The Bertz CT molecular complexity index is 1350. The molecule has 1 aliphatic heterocycles. The number of methoxy groups -OCH3 is 1. The van der Waals surface area contributed by atoms with Gasteiger partial charge in [0.15, 0.2) is 0 Å². The third-order valence-electron chi connectivity index (χ3n) is 6.96. The third-order valence-corrected chi connectivity index (χ3v) is 6.96. The molecule has 0 spiro atoms. The van der Waals surface area contributed by atoms with Crippen LogP contribution in [0.4, 0.5) is 5.69 Å². The largest absolute Gasteiger partial charge is 0.495 e. The first-order valence-electron chi connectivity index (χ1n) is 11.2. The van der Waals surface area contributed by atoms with Crippen molar-refractivity contribution in [3.8, 4) is 5.75 Å². The molecule has 0 atom stereocenters. The fourth-order valence-corrected chi connectivity index (χ4v) is 5.35. The van der Waals surface area contributed by atoms with Gasteiger partial charge in [-0.15, -0.1) is 0 Å². The van der Waals surface area contributed by atoms with Gasteiger partial charge in [-0.05, 0) is 44.5 Å². The summed E-state index contributed by atoms with van der Waals surface area (Å²) >= 11 is 0. The molecule has 0 unspecified atom stereocenters. The smallest absolute Gasteiger partial charge is 0.142 e. The molecule has 1 aliphatic rings. The Morgan fingerprint density at radius 2 is 1.42 bits per heavy atom. The molecule has 0 radical (unpaired) electrons. The number of piperazine rings is 1. The molecule has 1 N–H and O–H groups in total. The maximum Gasteiger partial charge on any atom is 0.142 e. The molecule has 5 aromatic carbocycles. The lowest BCUT2D eigenvalue weighted by atomic mass is 9.92. The Morgan fingerprint density at radius 1 is 0.742 bits per heavy atom. The number of ether oxygens (including phenoxy) is 1. The predicted molar refractivity (Wildman–Crippen MR) is 130 cm³/mol. The lowest BCUT2D eigenvalue weighted by molar-refractivity contribution is -0.914. The quantitative estimate of drug-likeness (QED) is 0.442. The van der Waals surface area contributed by atoms with Gasteiger partial charge in [0.05, 0.1) is 39.0 Å². The van der Waals surface area contributed by atoms with Crippen LogP contribution in [0, 0.1) is 0 Å². The van der Waals surface area contributed by atoms with Crippen molar-refractivity contribution in [2.45, 2.75) is 6.54 Å². The number of anilines is 1. The molecular weight excluding hydrogens is 380 g/mol. The topological polar surface area (TPSA) is 16.9 Å². The highest BCUT2D eigenvalue weighted by atomic mass is 16.5. The van der Waals surface area contributed by atoms with Gasteiger partial charge in [0.1, 0.15) is 12.3 Å². The minimum absolute atomic E-state index is 0.970. The van der Waals surface area contributed by atoms with E-state index >= 15 is 0 Å². The molecule has 0 aliphatic carbocycles. The van der Waals surface area contributed by atoms with Crippen molar-refractivity contribution in [3.05, 3.63) is 84.4 Å². The van der Waals surface area contributed by atoms with Crippen LogP contribution in [-0.4, -0.2) is 33.3 Å². The van der Waals surface area contributed by atoms with E-state index in [2.05, 4.69) is 77.7 Å². The summed E-state index contributed by atoms with van der Waals surface area (Å²) in [4.78, 5) is 4.12. The number of quaternary nitrogens is 1. The van der Waals surface area contributed by atoms with Gasteiger partial charge in [0, 0.05) is 5.56 Å². The van der Waals surface area contributed by atoms with Crippen LogP contribution < -0.4 is 14.5 Å². The van der Waals surface area contributed by atoms with Gasteiger partial charge in [0.25, 0.3) is 0 Å². The van der Waals surface area contributed by atoms with Crippen molar-refractivity contribution < 1.29 is 9.64 Å². The fraction of sp³-hybridized carbons (Fsp3) is 0.214. The van der Waals surface area contributed by atoms with Gasteiger partial charge in [-0.2, -0.15) is 0 Å². The molecule has 3 heteroatoms. The Labute approximate surface area is 182 Å². The number of benzene rings is 5. The molecule has 0 aromatic heterocycles. The van der Waals surface area contributed by atoms with Crippen LogP contribution in [0.2, 0.25) is 0 Å². The van der Waals surface area contributed by atoms with Crippen molar-refractivity contribution in [2.24, 2.45) is 0 Å². The second kappa shape index (κ2) is 7.44. The Kier molecular flexibility index (Phi) is 4.43. The summed E-state index contributed by atoms with van der Waals surface area (Å²) in [6.07, 6.45) is 0. The molecule has 6 rings (SSSR count). The van der Waals surface area contributed by atoms with E-state index in [0.717, 1.165) is 38.5 Å². The monoisotopic (exact) mass is 407 g/mol. The van der Waals surface area contributed by atoms with E-state index in [1.54, 1.807) is 12.0 Å². The van der Waals surface area contributed by atoms with E-state index in [9.17, 15) is 0 Å². The average molecular weight is 408 g/mol. The Morgan fingerprint density at radius 3 is 2.19 bits per heavy atom. The standard InChI is InChI=1S/C28H26N2O/c1-31-26-8-3-2-7-25(26)30-17-15-29(16-18-30)19-23-12-11-22-10-9-20-5-4-6-21-13-14-24(23)28(22)27(20)21/h2-14H,15-19H2,1H3/p+1. The normalized spacial score (nSPS) is 15.3. The first-order chi connectivity index (χ1) is 15.3. The molecule has 3 nitrogen and oxygen atoms in total. The van der Waals surface area contributed by atoms with Gasteiger partial charge in [-0.1, -0.05) is 66.7 Å². The molecule has 0 bridgehead atoms. The highest BCUT2D eigenvalue weighted by Gasteiger charge is 2.23. The summed E-state index contributed by atoms with van der Waals surface area (Å²) in [7, 11) is 1.76. The molecule has 1 heterocycles. The van der Waals surface area contributed by atoms with E-state index in [1.165, 1.54) is 43.6 Å². The molecule has 0 saturated carbocycles. The second-order valence-electron chi connectivity index (χ2n) is 8.67. The summed E-state index contributed by atoms with van der Waals surface area (Å²) < 4.78 is 5.58. The van der Waals surface area contributed by atoms with Crippen LogP contribution in [0.5, 0.6) is 5.75 Å². The maximum absolute atomic E-state index is 5.58. The van der Waals surface area contributed by atoms with E-state index in [0.29, 0.717) is 0 Å². The Balaban J connectivity index is 1.28. The van der Waals surface area contributed by atoms with Crippen LogP contribution >= 0.6 is 0 Å². The minimum atomic E-state index is 0.970. The van der Waals surface area contributed by atoms with Crippen molar-refractivity contribution in [1.29, 1.82) is 0 Å². The Hall–Kier alpha value is -3.30. The zero-order valence-electron chi connectivity index (χ0n) is 17.9. The number of rotatable bonds is 4. The van der Waals surface area contributed by atoms with Crippen LogP contribution in [0.15, 0.2) is 78.9 Å².